The van der Waals surface area contributed by atoms with Gasteiger partial charge in [0.25, 0.3) is 11.5 Å². The number of aryl methyl sites for hydroxylation is 3. The number of H-pyrrole nitrogens is 1. The van der Waals surface area contributed by atoms with Crippen molar-refractivity contribution in [2.24, 2.45) is 0 Å². The fourth-order valence-electron chi connectivity index (χ4n) is 2.98. The van der Waals surface area contributed by atoms with E-state index < -0.39 is 0 Å². The molecular formula is C22H21N5O3. The minimum absolute atomic E-state index is 0.205. The maximum absolute atomic E-state index is 12.9. The fourth-order valence-corrected chi connectivity index (χ4v) is 2.98. The summed E-state index contributed by atoms with van der Waals surface area (Å²) in [6.07, 6.45) is 1.54. The SMILES string of the molecule is Cc1ccc(C(=O)Nc2cc(-c3ccco3)nn2-c2nc(C)c(C)c(=O)[nH]2)cc1C. The number of rotatable bonds is 4. The summed E-state index contributed by atoms with van der Waals surface area (Å²) in [6.45, 7) is 7.39. The van der Waals surface area contributed by atoms with Crippen molar-refractivity contribution in [1.82, 2.24) is 19.7 Å². The molecule has 1 amide bonds. The number of amides is 1. The van der Waals surface area contributed by atoms with Gasteiger partial charge in [0.15, 0.2) is 5.76 Å². The predicted molar refractivity (Wildman–Crippen MR) is 113 cm³/mol. The van der Waals surface area contributed by atoms with Gasteiger partial charge in [-0.3, -0.25) is 14.6 Å². The van der Waals surface area contributed by atoms with E-state index in [9.17, 15) is 9.59 Å². The second-order valence-electron chi connectivity index (χ2n) is 7.16. The molecule has 0 bridgehead atoms. The lowest BCUT2D eigenvalue weighted by Gasteiger charge is -2.10. The largest absolute Gasteiger partial charge is 0.463 e. The van der Waals surface area contributed by atoms with Crippen LogP contribution in [0.5, 0.6) is 0 Å². The molecule has 0 radical (unpaired) electrons. The number of aromatic amines is 1. The van der Waals surface area contributed by atoms with Gasteiger partial charge in [0, 0.05) is 22.9 Å². The first-order chi connectivity index (χ1) is 14.3. The first-order valence-electron chi connectivity index (χ1n) is 9.44. The smallest absolute Gasteiger partial charge is 0.256 e. The predicted octanol–water partition coefficient (Wildman–Crippen LogP) is 3.70. The molecule has 1 aromatic carbocycles. The number of hydrogen-bond donors (Lipinski definition) is 2. The quantitative estimate of drug-likeness (QED) is 0.540. The summed E-state index contributed by atoms with van der Waals surface area (Å²) in [6, 6.07) is 10.7. The third-order valence-electron chi connectivity index (χ3n) is 5.08. The zero-order valence-corrected chi connectivity index (χ0v) is 17.1. The number of benzene rings is 1. The number of anilines is 1. The highest BCUT2D eigenvalue weighted by Gasteiger charge is 2.18. The average molecular weight is 403 g/mol. The summed E-state index contributed by atoms with van der Waals surface area (Å²) in [7, 11) is 0. The Balaban J connectivity index is 1.79. The van der Waals surface area contributed by atoms with Crippen molar-refractivity contribution in [2.75, 3.05) is 5.32 Å². The molecule has 0 atom stereocenters. The molecule has 4 aromatic rings. The Hall–Kier alpha value is -3.94. The molecule has 3 heterocycles. The molecule has 0 unspecified atom stereocenters. The zero-order chi connectivity index (χ0) is 21.4. The third kappa shape index (κ3) is 3.55. The van der Waals surface area contributed by atoms with Crippen LogP contribution in [0.2, 0.25) is 0 Å². The molecule has 2 N–H and O–H groups in total. The van der Waals surface area contributed by atoms with E-state index >= 15 is 0 Å². The Labute approximate surface area is 172 Å². The number of aromatic nitrogens is 4. The molecule has 0 saturated heterocycles. The maximum atomic E-state index is 12.9. The molecule has 0 aliphatic rings. The van der Waals surface area contributed by atoms with E-state index in [4.69, 9.17) is 4.42 Å². The van der Waals surface area contributed by atoms with Crippen molar-refractivity contribution >= 4 is 11.7 Å². The van der Waals surface area contributed by atoms with Crippen LogP contribution in [-0.4, -0.2) is 25.7 Å². The lowest BCUT2D eigenvalue weighted by molar-refractivity contribution is 0.102. The Bertz CT molecular complexity index is 1300. The van der Waals surface area contributed by atoms with E-state index in [1.165, 1.54) is 10.9 Å². The summed E-state index contributed by atoms with van der Waals surface area (Å²) in [5.74, 6) is 0.797. The number of nitrogens with zero attached hydrogens (tertiary/aromatic N) is 3. The first-order valence-corrected chi connectivity index (χ1v) is 9.44. The molecule has 0 saturated carbocycles. The Kier molecular flexibility index (Phi) is 4.83. The molecule has 8 nitrogen and oxygen atoms in total. The minimum atomic E-state index is -0.295. The van der Waals surface area contributed by atoms with Gasteiger partial charge in [0.1, 0.15) is 11.5 Å². The van der Waals surface area contributed by atoms with E-state index in [1.807, 2.05) is 26.0 Å². The van der Waals surface area contributed by atoms with Gasteiger partial charge in [-0.1, -0.05) is 6.07 Å². The molecule has 0 fully saturated rings. The van der Waals surface area contributed by atoms with Gasteiger partial charge < -0.3 is 9.73 Å². The second kappa shape index (κ2) is 7.47. The van der Waals surface area contributed by atoms with Crippen molar-refractivity contribution in [1.29, 1.82) is 0 Å². The monoisotopic (exact) mass is 403 g/mol. The summed E-state index contributed by atoms with van der Waals surface area (Å²) < 4.78 is 6.82. The molecular weight excluding hydrogens is 382 g/mol. The van der Waals surface area contributed by atoms with Crippen LogP contribution in [0, 0.1) is 27.7 Å². The van der Waals surface area contributed by atoms with Crippen LogP contribution in [0.15, 0.2) is 51.9 Å². The number of carbonyl (C=O) groups excluding carboxylic acids is 1. The number of furan rings is 1. The van der Waals surface area contributed by atoms with Gasteiger partial charge in [-0.25, -0.2) is 4.98 Å². The normalized spacial score (nSPS) is 10.9. The molecule has 0 spiro atoms. The number of hydrogen-bond acceptors (Lipinski definition) is 5. The Morgan fingerprint density at radius 2 is 1.90 bits per heavy atom. The third-order valence-corrected chi connectivity index (χ3v) is 5.08. The molecule has 4 rings (SSSR count). The van der Waals surface area contributed by atoms with Crippen LogP contribution in [0.4, 0.5) is 5.82 Å². The standard InChI is InChI=1S/C22H21N5O3/c1-12-7-8-16(10-13(12)2)21(29)24-19-11-17(18-6-5-9-30-18)26-27(19)22-23-15(4)14(3)20(28)25-22/h5-11H,1-4H3,(H,24,29)(H,23,25,28). The first kappa shape index (κ1) is 19.4. The molecule has 0 aliphatic heterocycles. The van der Waals surface area contributed by atoms with Crippen molar-refractivity contribution < 1.29 is 9.21 Å². The minimum Gasteiger partial charge on any atom is -0.463 e. The summed E-state index contributed by atoms with van der Waals surface area (Å²) >= 11 is 0. The van der Waals surface area contributed by atoms with Gasteiger partial charge in [-0.05, 0) is 63.1 Å². The summed E-state index contributed by atoms with van der Waals surface area (Å²) in [4.78, 5) is 32.3. The van der Waals surface area contributed by atoms with Crippen LogP contribution < -0.4 is 10.9 Å². The maximum Gasteiger partial charge on any atom is 0.256 e. The number of nitrogens with one attached hydrogen (secondary N) is 2. The highest BCUT2D eigenvalue weighted by atomic mass is 16.3. The zero-order valence-electron chi connectivity index (χ0n) is 17.1. The molecule has 152 valence electrons. The van der Waals surface area contributed by atoms with Crippen LogP contribution >= 0.6 is 0 Å². The summed E-state index contributed by atoms with van der Waals surface area (Å²) in [5.41, 5.74) is 3.98. The van der Waals surface area contributed by atoms with Crippen molar-refractivity contribution in [3.05, 3.63) is 81.0 Å². The van der Waals surface area contributed by atoms with Gasteiger partial charge in [-0.15, -0.1) is 0 Å². The van der Waals surface area contributed by atoms with Crippen molar-refractivity contribution in [2.45, 2.75) is 27.7 Å². The van der Waals surface area contributed by atoms with Crippen LogP contribution in [0.1, 0.15) is 32.7 Å². The molecule has 3 aromatic heterocycles. The second-order valence-corrected chi connectivity index (χ2v) is 7.16. The van der Waals surface area contributed by atoms with Crippen molar-refractivity contribution in [3.63, 3.8) is 0 Å². The van der Waals surface area contributed by atoms with E-state index in [-0.39, 0.29) is 17.4 Å². The van der Waals surface area contributed by atoms with Gasteiger partial charge in [-0.2, -0.15) is 9.78 Å². The van der Waals surface area contributed by atoms with E-state index in [1.54, 1.807) is 38.1 Å². The van der Waals surface area contributed by atoms with Crippen LogP contribution in [0.3, 0.4) is 0 Å². The van der Waals surface area contributed by atoms with E-state index in [2.05, 4.69) is 20.4 Å². The van der Waals surface area contributed by atoms with Crippen LogP contribution in [-0.2, 0) is 0 Å². The molecule has 30 heavy (non-hydrogen) atoms. The average Bonchev–Trinajstić information content (AvgIpc) is 3.37. The lowest BCUT2D eigenvalue weighted by atomic mass is 10.1. The van der Waals surface area contributed by atoms with Gasteiger partial charge in [0.05, 0.1) is 6.26 Å². The van der Waals surface area contributed by atoms with Crippen molar-refractivity contribution in [3.8, 4) is 17.4 Å². The molecule has 0 aliphatic carbocycles. The van der Waals surface area contributed by atoms with E-state index in [0.717, 1.165) is 11.1 Å². The fraction of sp³-hybridized carbons (Fsp3) is 0.182. The Morgan fingerprint density at radius 3 is 2.57 bits per heavy atom. The lowest BCUT2D eigenvalue weighted by Crippen LogP contribution is -2.20. The Morgan fingerprint density at radius 1 is 1.10 bits per heavy atom. The summed E-state index contributed by atoms with van der Waals surface area (Å²) in [5, 5.41) is 7.35. The molecule has 8 heteroatoms. The number of carbonyl (C=O) groups is 1. The van der Waals surface area contributed by atoms with Gasteiger partial charge in [0.2, 0.25) is 5.95 Å². The van der Waals surface area contributed by atoms with Crippen LogP contribution in [0.25, 0.3) is 17.4 Å². The highest BCUT2D eigenvalue weighted by molar-refractivity contribution is 6.04. The highest BCUT2D eigenvalue weighted by Crippen LogP contribution is 2.24. The topological polar surface area (TPSA) is 106 Å². The van der Waals surface area contributed by atoms with Gasteiger partial charge >= 0.3 is 0 Å². The van der Waals surface area contributed by atoms with E-state index in [0.29, 0.717) is 34.1 Å².